The maximum Gasteiger partial charge on any atom is 0.0541 e. The number of aromatic nitrogens is 2. The van der Waals surface area contributed by atoms with Gasteiger partial charge in [-0.15, -0.1) is 0 Å². The van der Waals surface area contributed by atoms with Gasteiger partial charge in [0.2, 0.25) is 0 Å². The predicted molar refractivity (Wildman–Crippen MR) is 309 cm³/mol. The van der Waals surface area contributed by atoms with Crippen LogP contribution in [-0.4, -0.2) is 9.13 Å². The van der Waals surface area contributed by atoms with Crippen LogP contribution in [0.25, 0.3) is 121 Å². The molecule has 0 spiro atoms. The minimum atomic E-state index is 0.0213. The third kappa shape index (κ3) is 7.16. The molecule has 72 heavy (non-hydrogen) atoms. The van der Waals surface area contributed by atoms with Crippen LogP contribution in [0.15, 0.2) is 231 Å². The van der Waals surface area contributed by atoms with Crippen LogP contribution in [0.2, 0.25) is 0 Å². The molecule has 11 aromatic carbocycles. The van der Waals surface area contributed by atoms with Gasteiger partial charge in [0.05, 0.1) is 22.1 Å². The van der Waals surface area contributed by atoms with Gasteiger partial charge in [-0.05, 0) is 173 Å². The first kappa shape index (κ1) is 43.6. The van der Waals surface area contributed by atoms with Crippen molar-refractivity contribution in [2.75, 3.05) is 0 Å². The summed E-state index contributed by atoms with van der Waals surface area (Å²) in [6.07, 6.45) is 0. The molecule has 13 rings (SSSR count). The summed E-state index contributed by atoms with van der Waals surface area (Å²) < 4.78 is 4.84. The summed E-state index contributed by atoms with van der Waals surface area (Å²) in [5.41, 5.74) is 19.6. The normalized spacial score (nSPS) is 12.3. The molecule has 0 saturated carbocycles. The van der Waals surface area contributed by atoms with E-state index in [0.29, 0.717) is 0 Å². The van der Waals surface area contributed by atoms with Crippen molar-refractivity contribution in [1.82, 2.24) is 9.13 Å². The summed E-state index contributed by atoms with van der Waals surface area (Å²) in [7, 11) is 0. The van der Waals surface area contributed by atoms with Gasteiger partial charge in [-0.25, -0.2) is 0 Å². The van der Waals surface area contributed by atoms with E-state index in [-0.39, 0.29) is 10.8 Å². The Hall–Kier alpha value is -8.46. The molecule has 0 N–H and O–H groups in total. The Kier molecular flexibility index (Phi) is 10.0. The second kappa shape index (κ2) is 16.6. The predicted octanol–water partition coefficient (Wildman–Crippen LogP) is 19.5. The Bertz CT molecular complexity index is 3960. The first-order valence-corrected chi connectivity index (χ1v) is 25.4. The van der Waals surface area contributed by atoms with Gasteiger partial charge in [-0.1, -0.05) is 187 Å². The summed E-state index contributed by atoms with van der Waals surface area (Å²) in [4.78, 5) is 0. The summed E-state index contributed by atoms with van der Waals surface area (Å²) in [6, 6.07) is 86.2. The SMILES string of the molecule is CC(C)(C)c1ccc2c(c1)c1cc(-c3ccc4c(-c5ccccc5)c5cc(-c6ccc7c(c6)c6cc(C(C)(C)C)ccc6n7-c6ccccc6)ccc5c(-c5ccccc5)c4c3)ccc1n2-c1ccccc1. The smallest absolute Gasteiger partial charge is 0.0541 e. The Morgan fingerprint density at radius 3 is 0.875 bits per heavy atom. The average molecular weight is 925 g/mol. The largest absolute Gasteiger partial charge is 0.309 e. The molecule has 0 unspecified atom stereocenters. The standard InChI is InChI=1S/C70H56N2/c1-69(2,3)51-31-37-65-59(43-51)57-39-49(29-35-63(57)71(65)53-23-15-9-16-24-53)47-27-33-55-61(41-47)67(45-19-11-7-12-20-45)56-34-28-48(42-62(56)68(55)46-21-13-8-14-22-46)50-30-36-64-58(40-50)60-44-52(70(4,5)6)32-38-66(60)72(64)54-25-17-10-18-26-54/h7-44H,1-6H3. The fourth-order valence-electron chi connectivity index (χ4n) is 11.5. The molecule has 0 aliphatic heterocycles. The Labute approximate surface area is 422 Å². The second-order valence-corrected chi connectivity index (χ2v) is 21.8. The third-order valence-electron chi connectivity index (χ3n) is 15.2. The van der Waals surface area contributed by atoms with Gasteiger partial charge >= 0.3 is 0 Å². The zero-order chi connectivity index (χ0) is 48.9. The Balaban J connectivity index is 1.04. The van der Waals surface area contributed by atoms with Gasteiger partial charge in [0, 0.05) is 32.9 Å². The van der Waals surface area contributed by atoms with E-state index < -0.39 is 0 Å². The van der Waals surface area contributed by atoms with Crippen molar-refractivity contribution < 1.29 is 0 Å². The highest BCUT2D eigenvalue weighted by molar-refractivity contribution is 6.23. The minimum absolute atomic E-state index is 0.0213. The van der Waals surface area contributed by atoms with Crippen LogP contribution in [0.1, 0.15) is 52.7 Å². The van der Waals surface area contributed by atoms with Gasteiger partial charge in [0.25, 0.3) is 0 Å². The highest BCUT2D eigenvalue weighted by atomic mass is 15.0. The molecule has 0 atom stereocenters. The first-order chi connectivity index (χ1) is 35.0. The molecule has 0 bridgehead atoms. The number of rotatable bonds is 6. The highest BCUT2D eigenvalue weighted by Crippen LogP contribution is 2.47. The van der Waals surface area contributed by atoms with Crippen molar-refractivity contribution in [3.63, 3.8) is 0 Å². The van der Waals surface area contributed by atoms with Gasteiger partial charge < -0.3 is 9.13 Å². The van der Waals surface area contributed by atoms with Crippen LogP contribution in [0.4, 0.5) is 0 Å². The lowest BCUT2D eigenvalue weighted by Crippen LogP contribution is -2.10. The van der Waals surface area contributed by atoms with Crippen molar-refractivity contribution in [2.45, 2.75) is 52.4 Å². The van der Waals surface area contributed by atoms with Crippen LogP contribution < -0.4 is 0 Å². The quantitative estimate of drug-likeness (QED) is 0.147. The molecular formula is C70H56N2. The topological polar surface area (TPSA) is 9.86 Å². The lowest BCUT2D eigenvalue weighted by Gasteiger charge is -2.20. The Morgan fingerprint density at radius 2 is 0.528 bits per heavy atom. The van der Waals surface area contributed by atoms with Crippen LogP contribution in [0.3, 0.4) is 0 Å². The summed E-state index contributed by atoms with van der Waals surface area (Å²) in [5.74, 6) is 0. The molecule has 2 nitrogen and oxygen atoms in total. The Morgan fingerprint density at radius 1 is 0.236 bits per heavy atom. The molecule has 0 fully saturated rings. The fraction of sp³-hybridized carbons (Fsp3) is 0.114. The number of benzene rings is 11. The average Bonchev–Trinajstić information content (AvgIpc) is 3.92. The van der Waals surface area contributed by atoms with Gasteiger partial charge in [-0.3, -0.25) is 0 Å². The first-order valence-electron chi connectivity index (χ1n) is 25.4. The second-order valence-electron chi connectivity index (χ2n) is 21.8. The zero-order valence-electron chi connectivity index (χ0n) is 41.8. The molecule has 0 saturated heterocycles. The van der Waals surface area contributed by atoms with E-state index >= 15 is 0 Å². The van der Waals surface area contributed by atoms with E-state index in [4.69, 9.17) is 0 Å². The van der Waals surface area contributed by atoms with Gasteiger partial charge in [-0.2, -0.15) is 0 Å². The monoisotopic (exact) mass is 924 g/mol. The van der Waals surface area contributed by atoms with Gasteiger partial charge in [0.15, 0.2) is 0 Å². The molecule has 0 radical (unpaired) electrons. The van der Waals surface area contributed by atoms with Crippen LogP contribution in [0, 0.1) is 0 Å². The van der Waals surface area contributed by atoms with E-state index in [2.05, 4.69) is 281 Å². The summed E-state index contributed by atoms with van der Waals surface area (Å²) >= 11 is 0. The van der Waals surface area contributed by atoms with Crippen molar-refractivity contribution >= 4 is 65.2 Å². The van der Waals surface area contributed by atoms with Crippen LogP contribution >= 0.6 is 0 Å². The van der Waals surface area contributed by atoms with Crippen molar-refractivity contribution in [1.29, 1.82) is 0 Å². The molecule has 0 aliphatic carbocycles. The maximum atomic E-state index is 2.46. The van der Waals surface area contributed by atoms with Crippen LogP contribution in [0.5, 0.6) is 0 Å². The molecule has 2 aromatic heterocycles. The summed E-state index contributed by atoms with van der Waals surface area (Å²) in [5, 5.41) is 10.0. The minimum Gasteiger partial charge on any atom is -0.309 e. The fourth-order valence-corrected chi connectivity index (χ4v) is 11.5. The number of para-hydroxylation sites is 2. The maximum absolute atomic E-state index is 2.46. The number of hydrogen-bond acceptors (Lipinski definition) is 0. The van der Waals surface area contributed by atoms with Crippen molar-refractivity contribution in [3.8, 4) is 55.9 Å². The highest BCUT2D eigenvalue weighted by Gasteiger charge is 2.23. The van der Waals surface area contributed by atoms with E-state index in [1.165, 1.54) is 132 Å². The number of nitrogens with zero attached hydrogens (tertiary/aromatic N) is 2. The van der Waals surface area contributed by atoms with Crippen molar-refractivity contribution in [2.24, 2.45) is 0 Å². The van der Waals surface area contributed by atoms with Crippen LogP contribution in [-0.2, 0) is 10.8 Å². The van der Waals surface area contributed by atoms with E-state index in [0.717, 1.165) is 0 Å². The lowest BCUT2D eigenvalue weighted by atomic mass is 9.83. The lowest BCUT2D eigenvalue weighted by molar-refractivity contribution is 0.591. The molecule has 346 valence electrons. The van der Waals surface area contributed by atoms with E-state index in [1.807, 2.05) is 0 Å². The number of fused-ring (bicyclic) bond motifs is 8. The molecule has 2 heterocycles. The zero-order valence-corrected chi connectivity index (χ0v) is 41.8. The van der Waals surface area contributed by atoms with Gasteiger partial charge in [0.1, 0.15) is 0 Å². The van der Waals surface area contributed by atoms with Crippen molar-refractivity contribution in [3.05, 3.63) is 242 Å². The molecule has 2 heteroatoms. The van der Waals surface area contributed by atoms with E-state index in [1.54, 1.807) is 0 Å². The van der Waals surface area contributed by atoms with E-state index in [9.17, 15) is 0 Å². The molecule has 0 aliphatic rings. The molecule has 13 aromatic rings. The molecule has 0 amide bonds. The molecular weight excluding hydrogens is 869 g/mol. The summed E-state index contributed by atoms with van der Waals surface area (Å²) in [6.45, 7) is 13.8. The number of hydrogen-bond donors (Lipinski definition) is 0. The third-order valence-corrected chi connectivity index (χ3v) is 15.2.